The molecule has 4 heteroatoms. The van der Waals surface area contributed by atoms with Crippen molar-refractivity contribution in [2.75, 3.05) is 6.61 Å². The van der Waals surface area contributed by atoms with Gasteiger partial charge in [0.2, 0.25) is 0 Å². The fourth-order valence-corrected chi connectivity index (χ4v) is 1.33. The quantitative estimate of drug-likeness (QED) is 0.689. The van der Waals surface area contributed by atoms with Gasteiger partial charge in [0.15, 0.2) is 0 Å². The molecule has 0 aliphatic rings. The molecule has 0 amide bonds. The van der Waals surface area contributed by atoms with Gasteiger partial charge in [0.25, 0.3) is 0 Å². The zero-order valence-electron chi connectivity index (χ0n) is 8.91. The standard InChI is InChI=1S/C10H16N2O2/c1-4-6-12-9(8(3)7-11-12)10(13)14-5-2/h7H,4-6H2,1-3H3. The molecular weight excluding hydrogens is 180 g/mol. The van der Waals surface area contributed by atoms with E-state index in [2.05, 4.69) is 5.10 Å². The van der Waals surface area contributed by atoms with Gasteiger partial charge in [-0.15, -0.1) is 0 Å². The van der Waals surface area contributed by atoms with Gasteiger partial charge in [-0.05, 0) is 20.3 Å². The van der Waals surface area contributed by atoms with Crippen LogP contribution in [0.3, 0.4) is 0 Å². The van der Waals surface area contributed by atoms with E-state index in [0.717, 1.165) is 18.5 Å². The third kappa shape index (κ3) is 2.13. The molecule has 0 spiro atoms. The number of ether oxygens (including phenoxy) is 1. The van der Waals surface area contributed by atoms with Crippen molar-refractivity contribution in [2.24, 2.45) is 0 Å². The van der Waals surface area contributed by atoms with Crippen molar-refractivity contribution in [3.63, 3.8) is 0 Å². The van der Waals surface area contributed by atoms with Gasteiger partial charge in [-0.1, -0.05) is 6.92 Å². The Morgan fingerprint density at radius 2 is 2.29 bits per heavy atom. The molecule has 1 aromatic heterocycles. The van der Waals surface area contributed by atoms with Crippen molar-refractivity contribution in [3.05, 3.63) is 17.5 Å². The van der Waals surface area contributed by atoms with Gasteiger partial charge in [-0.25, -0.2) is 4.79 Å². The topological polar surface area (TPSA) is 44.1 Å². The summed E-state index contributed by atoms with van der Waals surface area (Å²) in [5.41, 5.74) is 1.45. The summed E-state index contributed by atoms with van der Waals surface area (Å²) in [5, 5.41) is 4.12. The fourth-order valence-electron chi connectivity index (χ4n) is 1.33. The van der Waals surface area contributed by atoms with E-state index in [4.69, 9.17) is 4.74 Å². The van der Waals surface area contributed by atoms with Crippen molar-refractivity contribution in [1.82, 2.24) is 9.78 Å². The Labute approximate surface area is 83.9 Å². The molecule has 1 aromatic rings. The van der Waals surface area contributed by atoms with Crippen LogP contribution in [0.4, 0.5) is 0 Å². The first-order valence-electron chi connectivity index (χ1n) is 4.90. The van der Waals surface area contributed by atoms with Crippen LogP contribution in [0.5, 0.6) is 0 Å². The van der Waals surface area contributed by atoms with Crippen molar-refractivity contribution >= 4 is 5.97 Å². The highest BCUT2D eigenvalue weighted by molar-refractivity contribution is 5.89. The van der Waals surface area contributed by atoms with Gasteiger partial charge >= 0.3 is 5.97 Å². The number of aryl methyl sites for hydroxylation is 2. The average molecular weight is 196 g/mol. The zero-order chi connectivity index (χ0) is 10.6. The van der Waals surface area contributed by atoms with Gasteiger partial charge < -0.3 is 4.74 Å². The molecule has 0 aliphatic carbocycles. The lowest BCUT2D eigenvalue weighted by atomic mass is 10.3. The molecule has 0 fully saturated rings. The Morgan fingerprint density at radius 3 is 2.86 bits per heavy atom. The molecule has 0 unspecified atom stereocenters. The van der Waals surface area contributed by atoms with E-state index in [1.165, 1.54) is 0 Å². The third-order valence-electron chi connectivity index (χ3n) is 1.93. The molecule has 0 aromatic carbocycles. The summed E-state index contributed by atoms with van der Waals surface area (Å²) in [6.45, 7) is 6.86. The molecule has 4 nitrogen and oxygen atoms in total. The highest BCUT2D eigenvalue weighted by Gasteiger charge is 2.16. The smallest absolute Gasteiger partial charge is 0.356 e. The maximum atomic E-state index is 11.5. The number of carbonyl (C=O) groups is 1. The van der Waals surface area contributed by atoms with Crippen LogP contribution in [0.2, 0.25) is 0 Å². The maximum absolute atomic E-state index is 11.5. The van der Waals surface area contributed by atoms with Gasteiger partial charge in [0.1, 0.15) is 5.69 Å². The molecule has 0 saturated carbocycles. The van der Waals surface area contributed by atoms with Crippen molar-refractivity contribution < 1.29 is 9.53 Å². The lowest BCUT2D eigenvalue weighted by Crippen LogP contribution is -2.14. The molecule has 0 aliphatic heterocycles. The number of nitrogens with zero attached hydrogens (tertiary/aromatic N) is 2. The van der Waals surface area contributed by atoms with Crippen LogP contribution in [0.1, 0.15) is 36.3 Å². The molecule has 1 rings (SSSR count). The van der Waals surface area contributed by atoms with Crippen LogP contribution in [0.15, 0.2) is 6.20 Å². The number of carbonyl (C=O) groups excluding carboxylic acids is 1. The van der Waals surface area contributed by atoms with Crippen molar-refractivity contribution in [2.45, 2.75) is 33.7 Å². The number of aromatic nitrogens is 2. The largest absolute Gasteiger partial charge is 0.461 e. The van der Waals surface area contributed by atoms with Gasteiger partial charge in [-0.2, -0.15) is 5.10 Å². The van der Waals surface area contributed by atoms with E-state index < -0.39 is 0 Å². The van der Waals surface area contributed by atoms with Crippen LogP contribution in [-0.4, -0.2) is 22.4 Å². The second kappa shape index (κ2) is 4.79. The summed E-state index contributed by atoms with van der Waals surface area (Å²) in [4.78, 5) is 11.5. The molecule has 1 heterocycles. The maximum Gasteiger partial charge on any atom is 0.356 e. The minimum atomic E-state index is -0.282. The fraction of sp³-hybridized carbons (Fsp3) is 0.600. The Morgan fingerprint density at radius 1 is 1.57 bits per heavy atom. The van der Waals surface area contributed by atoms with Crippen molar-refractivity contribution in [1.29, 1.82) is 0 Å². The Bertz CT molecular complexity index is 318. The summed E-state index contributed by atoms with van der Waals surface area (Å²) in [5.74, 6) is -0.282. The first-order chi connectivity index (χ1) is 6.70. The summed E-state index contributed by atoms with van der Waals surface area (Å²) in [7, 11) is 0. The minimum Gasteiger partial charge on any atom is -0.461 e. The van der Waals surface area contributed by atoms with Gasteiger partial charge in [0.05, 0.1) is 12.8 Å². The Kier molecular flexibility index (Phi) is 3.68. The molecule has 0 N–H and O–H groups in total. The van der Waals surface area contributed by atoms with Crippen LogP contribution in [0, 0.1) is 6.92 Å². The summed E-state index contributed by atoms with van der Waals surface area (Å²) in [6.07, 6.45) is 2.65. The van der Waals surface area contributed by atoms with E-state index in [1.807, 2.05) is 13.8 Å². The van der Waals surface area contributed by atoms with Gasteiger partial charge in [0, 0.05) is 12.1 Å². The second-order valence-electron chi connectivity index (χ2n) is 3.12. The molecular formula is C10H16N2O2. The normalized spacial score (nSPS) is 10.2. The third-order valence-corrected chi connectivity index (χ3v) is 1.93. The first-order valence-corrected chi connectivity index (χ1v) is 4.90. The van der Waals surface area contributed by atoms with E-state index in [-0.39, 0.29) is 5.97 Å². The summed E-state index contributed by atoms with van der Waals surface area (Å²) < 4.78 is 6.66. The van der Waals surface area contributed by atoms with Crippen LogP contribution < -0.4 is 0 Å². The lowest BCUT2D eigenvalue weighted by molar-refractivity contribution is 0.0511. The predicted octanol–water partition coefficient (Wildman–Crippen LogP) is 1.78. The van der Waals surface area contributed by atoms with E-state index in [1.54, 1.807) is 17.8 Å². The zero-order valence-corrected chi connectivity index (χ0v) is 8.91. The molecule has 0 bridgehead atoms. The number of hydrogen-bond acceptors (Lipinski definition) is 3. The Balaban J connectivity index is 2.92. The Hall–Kier alpha value is -1.32. The molecule has 14 heavy (non-hydrogen) atoms. The summed E-state index contributed by atoms with van der Waals surface area (Å²) >= 11 is 0. The van der Waals surface area contributed by atoms with Crippen LogP contribution >= 0.6 is 0 Å². The van der Waals surface area contributed by atoms with E-state index in [9.17, 15) is 4.79 Å². The molecule has 0 radical (unpaired) electrons. The van der Waals surface area contributed by atoms with Crippen LogP contribution in [-0.2, 0) is 11.3 Å². The van der Waals surface area contributed by atoms with E-state index in [0.29, 0.717) is 12.3 Å². The lowest BCUT2D eigenvalue weighted by Gasteiger charge is -2.06. The second-order valence-corrected chi connectivity index (χ2v) is 3.12. The minimum absolute atomic E-state index is 0.282. The highest BCUT2D eigenvalue weighted by Crippen LogP contribution is 2.09. The number of esters is 1. The monoisotopic (exact) mass is 196 g/mol. The molecule has 0 saturated heterocycles. The first kappa shape index (κ1) is 10.8. The SMILES string of the molecule is CCCn1ncc(C)c1C(=O)OCC. The number of hydrogen-bond donors (Lipinski definition) is 0. The van der Waals surface area contributed by atoms with E-state index >= 15 is 0 Å². The van der Waals surface area contributed by atoms with Crippen molar-refractivity contribution in [3.8, 4) is 0 Å². The average Bonchev–Trinajstić information content (AvgIpc) is 2.48. The molecule has 0 atom stereocenters. The summed E-state index contributed by atoms with van der Waals surface area (Å²) in [6, 6.07) is 0. The predicted molar refractivity (Wildman–Crippen MR) is 53.2 cm³/mol. The van der Waals surface area contributed by atoms with Crippen LogP contribution in [0.25, 0.3) is 0 Å². The molecule has 78 valence electrons. The number of rotatable bonds is 4. The van der Waals surface area contributed by atoms with Gasteiger partial charge in [-0.3, -0.25) is 4.68 Å². The highest BCUT2D eigenvalue weighted by atomic mass is 16.5.